The van der Waals surface area contributed by atoms with Crippen LogP contribution in [0, 0.1) is 5.92 Å². The molecule has 1 unspecified atom stereocenters. The maximum atomic E-state index is 4.10. The molecule has 1 N–H and O–H groups in total. The van der Waals surface area contributed by atoms with Crippen molar-refractivity contribution in [3.63, 3.8) is 0 Å². The highest BCUT2D eigenvalue weighted by Gasteiger charge is 2.41. The topological polar surface area (TPSA) is 15.3 Å². The number of nitrogens with one attached hydrogen (secondary N) is 1. The summed E-state index contributed by atoms with van der Waals surface area (Å²) in [5.74, 6) is 0.723. The second-order valence-electron chi connectivity index (χ2n) is 6.54. The molecular formula is C15H28N2. The van der Waals surface area contributed by atoms with Crippen LogP contribution in [-0.4, -0.2) is 36.1 Å². The lowest BCUT2D eigenvalue weighted by Gasteiger charge is -2.48. The van der Waals surface area contributed by atoms with Gasteiger partial charge in [-0.15, -0.1) is 0 Å². The summed E-state index contributed by atoms with van der Waals surface area (Å²) in [7, 11) is 0. The van der Waals surface area contributed by atoms with Crippen LogP contribution in [0.3, 0.4) is 0 Å². The lowest BCUT2D eigenvalue weighted by Crippen LogP contribution is -2.64. The zero-order chi connectivity index (χ0) is 12.5. The second-order valence-corrected chi connectivity index (χ2v) is 6.54. The molecule has 0 amide bonds. The Morgan fingerprint density at radius 3 is 2.59 bits per heavy atom. The van der Waals surface area contributed by atoms with Gasteiger partial charge < -0.3 is 5.32 Å². The molecule has 98 valence electrons. The first-order valence-electron chi connectivity index (χ1n) is 7.16. The molecular weight excluding hydrogens is 208 g/mol. The molecule has 2 heteroatoms. The van der Waals surface area contributed by atoms with Crippen LogP contribution < -0.4 is 5.32 Å². The molecule has 1 saturated carbocycles. The van der Waals surface area contributed by atoms with E-state index in [1.165, 1.54) is 37.8 Å². The summed E-state index contributed by atoms with van der Waals surface area (Å²) in [6.45, 7) is 14.4. The van der Waals surface area contributed by atoms with Crippen LogP contribution in [0.25, 0.3) is 0 Å². The summed E-state index contributed by atoms with van der Waals surface area (Å²) in [6, 6.07) is 0.679. The predicted octanol–water partition coefficient (Wildman–Crippen LogP) is 2.81. The van der Waals surface area contributed by atoms with E-state index in [-0.39, 0.29) is 0 Å². The minimum absolute atomic E-state index is 0.431. The van der Waals surface area contributed by atoms with Crippen LogP contribution in [-0.2, 0) is 0 Å². The normalized spacial score (nSPS) is 29.1. The smallest absolute Gasteiger partial charge is 0.0309 e. The van der Waals surface area contributed by atoms with Gasteiger partial charge in [0.2, 0.25) is 0 Å². The van der Waals surface area contributed by atoms with Crippen molar-refractivity contribution < 1.29 is 0 Å². The molecule has 1 saturated heterocycles. The van der Waals surface area contributed by atoms with Crippen molar-refractivity contribution in [1.29, 1.82) is 0 Å². The molecule has 0 aromatic carbocycles. The standard InChI is InChI=1S/C15H28N2/c1-12(2)10-17-11-15(7-5-6-8-15)16-9-14(17)13(3)4/h13-14,16H,1,5-11H2,2-4H3. The van der Waals surface area contributed by atoms with Crippen LogP contribution >= 0.6 is 0 Å². The Morgan fingerprint density at radius 2 is 2.06 bits per heavy atom. The molecule has 1 atom stereocenters. The van der Waals surface area contributed by atoms with E-state index in [0.717, 1.165) is 19.0 Å². The molecule has 1 spiro atoms. The zero-order valence-electron chi connectivity index (χ0n) is 11.8. The van der Waals surface area contributed by atoms with Gasteiger partial charge in [0.25, 0.3) is 0 Å². The van der Waals surface area contributed by atoms with Gasteiger partial charge in [-0.25, -0.2) is 0 Å². The van der Waals surface area contributed by atoms with Crippen molar-refractivity contribution in [3.8, 4) is 0 Å². The van der Waals surface area contributed by atoms with E-state index in [9.17, 15) is 0 Å². The predicted molar refractivity (Wildman–Crippen MR) is 74.2 cm³/mol. The van der Waals surface area contributed by atoms with Crippen LogP contribution in [0.1, 0.15) is 46.5 Å². The maximum absolute atomic E-state index is 4.10. The van der Waals surface area contributed by atoms with Crippen molar-refractivity contribution in [2.24, 2.45) is 5.92 Å². The molecule has 2 nitrogen and oxygen atoms in total. The van der Waals surface area contributed by atoms with Crippen molar-refractivity contribution in [2.75, 3.05) is 19.6 Å². The largest absolute Gasteiger partial charge is 0.308 e. The average molecular weight is 236 g/mol. The average Bonchev–Trinajstić information content (AvgIpc) is 2.65. The fourth-order valence-electron chi connectivity index (χ4n) is 3.58. The van der Waals surface area contributed by atoms with Crippen molar-refractivity contribution in [3.05, 3.63) is 12.2 Å². The molecule has 1 aliphatic carbocycles. The number of rotatable bonds is 3. The second kappa shape index (κ2) is 5.11. The Kier molecular flexibility index (Phi) is 3.94. The monoisotopic (exact) mass is 236 g/mol. The fraction of sp³-hybridized carbons (Fsp3) is 0.867. The van der Waals surface area contributed by atoms with E-state index in [1.54, 1.807) is 0 Å². The van der Waals surface area contributed by atoms with Crippen LogP contribution in [0.15, 0.2) is 12.2 Å². The highest BCUT2D eigenvalue weighted by molar-refractivity contribution is 5.04. The summed E-state index contributed by atoms with van der Waals surface area (Å²) in [5, 5.41) is 3.86. The summed E-state index contributed by atoms with van der Waals surface area (Å²) < 4.78 is 0. The third-order valence-corrected chi connectivity index (χ3v) is 4.46. The first-order valence-corrected chi connectivity index (χ1v) is 7.16. The number of hydrogen-bond donors (Lipinski definition) is 1. The Morgan fingerprint density at radius 1 is 1.41 bits per heavy atom. The van der Waals surface area contributed by atoms with Crippen LogP contribution in [0.5, 0.6) is 0 Å². The van der Waals surface area contributed by atoms with Gasteiger partial charge in [-0.3, -0.25) is 4.90 Å². The van der Waals surface area contributed by atoms with Gasteiger partial charge in [-0.1, -0.05) is 38.8 Å². The summed E-state index contributed by atoms with van der Waals surface area (Å²) in [6.07, 6.45) is 5.54. The van der Waals surface area contributed by atoms with Crippen molar-refractivity contribution in [1.82, 2.24) is 10.2 Å². The highest BCUT2D eigenvalue weighted by Crippen LogP contribution is 2.34. The first kappa shape index (κ1) is 13.1. The molecule has 2 rings (SSSR count). The minimum atomic E-state index is 0.431. The minimum Gasteiger partial charge on any atom is -0.308 e. The Balaban J connectivity index is 2.06. The third kappa shape index (κ3) is 2.92. The van der Waals surface area contributed by atoms with Gasteiger partial charge in [0.1, 0.15) is 0 Å². The van der Waals surface area contributed by atoms with Crippen molar-refractivity contribution in [2.45, 2.75) is 58.0 Å². The van der Waals surface area contributed by atoms with Gasteiger partial charge in [-0.2, -0.15) is 0 Å². The molecule has 0 aromatic heterocycles. The molecule has 2 fully saturated rings. The lowest BCUT2D eigenvalue weighted by atomic mass is 9.89. The molecule has 0 aromatic rings. The van der Waals surface area contributed by atoms with Crippen LogP contribution in [0.2, 0.25) is 0 Å². The van der Waals surface area contributed by atoms with E-state index in [0.29, 0.717) is 11.6 Å². The fourth-order valence-corrected chi connectivity index (χ4v) is 3.58. The van der Waals surface area contributed by atoms with Crippen LogP contribution in [0.4, 0.5) is 0 Å². The van der Waals surface area contributed by atoms with Gasteiger partial charge in [-0.05, 0) is 25.7 Å². The molecule has 0 radical (unpaired) electrons. The molecule has 1 aliphatic heterocycles. The summed E-state index contributed by atoms with van der Waals surface area (Å²) in [4.78, 5) is 2.68. The third-order valence-electron chi connectivity index (χ3n) is 4.46. The zero-order valence-corrected chi connectivity index (χ0v) is 11.8. The summed E-state index contributed by atoms with van der Waals surface area (Å²) >= 11 is 0. The van der Waals surface area contributed by atoms with E-state index in [1.807, 2.05) is 0 Å². The molecule has 17 heavy (non-hydrogen) atoms. The number of piperazine rings is 1. The maximum Gasteiger partial charge on any atom is 0.0309 e. The molecule has 2 aliphatic rings. The highest BCUT2D eigenvalue weighted by atomic mass is 15.3. The van der Waals surface area contributed by atoms with E-state index >= 15 is 0 Å². The number of nitrogens with zero attached hydrogens (tertiary/aromatic N) is 1. The van der Waals surface area contributed by atoms with Gasteiger partial charge in [0, 0.05) is 31.2 Å². The van der Waals surface area contributed by atoms with E-state index < -0.39 is 0 Å². The lowest BCUT2D eigenvalue weighted by molar-refractivity contribution is 0.0652. The van der Waals surface area contributed by atoms with Gasteiger partial charge in [0.05, 0.1) is 0 Å². The first-order chi connectivity index (χ1) is 8.02. The Hall–Kier alpha value is -0.340. The van der Waals surface area contributed by atoms with E-state index in [2.05, 4.69) is 37.6 Å². The van der Waals surface area contributed by atoms with E-state index in [4.69, 9.17) is 0 Å². The van der Waals surface area contributed by atoms with Gasteiger partial charge in [0.15, 0.2) is 0 Å². The Bertz CT molecular complexity index is 277. The Labute approximate surface area is 106 Å². The molecule has 1 heterocycles. The number of hydrogen-bond acceptors (Lipinski definition) is 2. The quantitative estimate of drug-likeness (QED) is 0.758. The van der Waals surface area contributed by atoms with Crippen molar-refractivity contribution >= 4 is 0 Å². The summed E-state index contributed by atoms with van der Waals surface area (Å²) in [5.41, 5.74) is 1.73. The molecule has 0 bridgehead atoms. The SMILES string of the molecule is C=C(C)CN1CC2(CCCC2)NCC1C(C)C. The van der Waals surface area contributed by atoms with Gasteiger partial charge >= 0.3 is 0 Å².